The fourth-order valence-electron chi connectivity index (χ4n) is 2.09. The highest BCUT2D eigenvalue weighted by Gasteiger charge is 2.13. The standard InChI is InChI=1S/C19H23ClN2O2/c1-19(2,3)14-4-8-16(9-5-14)22-18(23)21-12-13-24-17-10-6-15(20)7-11-17/h4-11H,12-13H2,1-3H3,(H2,21,22,23). The summed E-state index contributed by atoms with van der Waals surface area (Å²) in [5.74, 6) is 0.722. The Morgan fingerprint density at radius 1 is 1.04 bits per heavy atom. The molecule has 0 spiro atoms. The van der Waals surface area contributed by atoms with Gasteiger partial charge in [-0.2, -0.15) is 0 Å². The Hall–Kier alpha value is -2.20. The molecule has 128 valence electrons. The molecule has 5 heteroatoms. The maximum absolute atomic E-state index is 11.9. The smallest absolute Gasteiger partial charge is 0.319 e. The normalized spacial score (nSPS) is 11.0. The summed E-state index contributed by atoms with van der Waals surface area (Å²) in [5, 5.41) is 6.22. The number of halogens is 1. The summed E-state index contributed by atoms with van der Waals surface area (Å²) in [6, 6.07) is 14.7. The predicted molar refractivity (Wildman–Crippen MR) is 99.1 cm³/mol. The number of ether oxygens (including phenoxy) is 1. The van der Waals surface area contributed by atoms with Gasteiger partial charge < -0.3 is 15.4 Å². The van der Waals surface area contributed by atoms with E-state index >= 15 is 0 Å². The van der Waals surface area contributed by atoms with E-state index in [0.29, 0.717) is 18.2 Å². The van der Waals surface area contributed by atoms with Gasteiger partial charge in [-0.15, -0.1) is 0 Å². The maximum atomic E-state index is 11.9. The molecule has 2 aromatic carbocycles. The summed E-state index contributed by atoms with van der Waals surface area (Å²) in [5.41, 5.74) is 2.09. The van der Waals surface area contributed by atoms with Gasteiger partial charge in [0.05, 0.1) is 6.54 Å². The molecule has 0 atom stereocenters. The van der Waals surface area contributed by atoms with Crippen molar-refractivity contribution in [1.29, 1.82) is 0 Å². The lowest BCUT2D eigenvalue weighted by molar-refractivity contribution is 0.247. The van der Waals surface area contributed by atoms with Crippen LogP contribution in [0.5, 0.6) is 5.75 Å². The lowest BCUT2D eigenvalue weighted by Gasteiger charge is -2.19. The monoisotopic (exact) mass is 346 g/mol. The zero-order chi connectivity index (χ0) is 17.6. The van der Waals surface area contributed by atoms with E-state index in [-0.39, 0.29) is 11.4 Å². The van der Waals surface area contributed by atoms with Gasteiger partial charge in [0, 0.05) is 10.7 Å². The summed E-state index contributed by atoms with van der Waals surface area (Å²) in [6.45, 7) is 7.26. The van der Waals surface area contributed by atoms with Gasteiger partial charge in [0.1, 0.15) is 12.4 Å². The molecular weight excluding hydrogens is 324 g/mol. The van der Waals surface area contributed by atoms with E-state index in [1.54, 1.807) is 24.3 Å². The zero-order valence-electron chi connectivity index (χ0n) is 14.2. The minimum absolute atomic E-state index is 0.0970. The van der Waals surface area contributed by atoms with Crippen LogP contribution in [0, 0.1) is 0 Å². The van der Waals surface area contributed by atoms with Crippen molar-refractivity contribution >= 4 is 23.3 Å². The molecule has 2 amide bonds. The number of urea groups is 1. The molecule has 0 fully saturated rings. The summed E-state index contributed by atoms with van der Waals surface area (Å²) in [7, 11) is 0. The molecule has 0 unspecified atom stereocenters. The summed E-state index contributed by atoms with van der Waals surface area (Å²) < 4.78 is 5.51. The number of hydrogen-bond acceptors (Lipinski definition) is 2. The number of rotatable bonds is 5. The molecule has 0 aromatic heterocycles. The van der Waals surface area contributed by atoms with Crippen LogP contribution in [0.3, 0.4) is 0 Å². The third-order valence-corrected chi connectivity index (χ3v) is 3.73. The van der Waals surface area contributed by atoms with E-state index in [1.165, 1.54) is 5.56 Å². The Labute approximate surface area is 148 Å². The molecule has 2 rings (SSSR count). The summed E-state index contributed by atoms with van der Waals surface area (Å²) >= 11 is 5.81. The van der Waals surface area contributed by atoms with Crippen molar-refractivity contribution < 1.29 is 9.53 Å². The van der Waals surface area contributed by atoms with Crippen molar-refractivity contribution in [1.82, 2.24) is 5.32 Å². The zero-order valence-corrected chi connectivity index (χ0v) is 15.0. The fourth-order valence-corrected chi connectivity index (χ4v) is 2.22. The molecule has 4 nitrogen and oxygen atoms in total. The van der Waals surface area contributed by atoms with E-state index in [1.807, 2.05) is 24.3 Å². The van der Waals surface area contributed by atoms with Crippen LogP contribution in [0.2, 0.25) is 5.02 Å². The second kappa shape index (κ2) is 8.06. The molecule has 2 aromatic rings. The van der Waals surface area contributed by atoms with Gasteiger partial charge >= 0.3 is 6.03 Å². The van der Waals surface area contributed by atoms with E-state index in [9.17, 15) is 4.79 Å². The van der Waals surface area contributed by atoms with Crippen molar-refractivity contribution in [2.75, 3.05) is 18.5 Å². The minimum Gasteiger partial charge on any atom is -0.492 e. The van der Waals surface area contributed by atoms with Gasteiger partial charge in [0.2, 0.25) is 0 Å². The molecule has 0 bridgehead atoms. The number of amides is 2. The lowest BCUT2D eigenvalue weighted by Crippen LogP contribution is -2.32. The quantitative estimate of drug-likeness (QED) is 0.761. The topological polar surface area (TPSA) is 50.4 Å². The first-order valence-corrected chi connectivity index (χ1v) is 8.26. The molecule has 0 aliphatic rings. The number of benzene rings is 2. The van der Waals surface area contributed by atoms with Crippen LogP contribution in [0.15, 0.2) is 48.5 Å². The Morgan fingerprint density at radius 2 is 1.67 bits per heavy atom. The summed E-state index contributed by atoms with van der Waals surface area (Å²) in [6.07, 6.45) is 0. The van der Waals surface area contributed by atoms with Gasteiger partial charge in [-0.25, -0.2) is 4.79 Å². The highest BCUT2D eigenvalue weighted by Crippen LogP contribution is 2.23. The molecule has 0 aliphatic carbocycles. The van der Waals surface area contributed by atoms with Crippen LogP contribution in [0.1, 0.15) is 26.3 Å². The number of hydrogen-bond donors (Lipinski definition) is 2. The summed E-state index contributed by atoms with van der Waals surface area (Å²) in [4.78, 5) is 11.9. The van der Waals surface area contributed by atoms with Crippen LogP contribution in [0.4, 0.5) is 10.5 Å². The lowest BCUT2D eigenvalue weighted by atomic mass is 9.87. The number of anilines is 1. The van der Waals surface area contributed by atoms with Gasteiger partial charge in [-0.1, -0.05) is 44.5 Å². The third-order valence-electron chi connectivity index (χ3n) is 3.48. The van der Waals surface area contributed by atoms with Crippen molar-refractivity contribution in [2.24, 2.45) is 0 Å². The average molecular weight is 347 g/mol. The van der Waals surface area contributed by atoms with Crippen molar-refractivity contribution in [3.8, 4) is 5.75 Å². The largest absolute Gasteiger partial charge is 0.492 e. The molecule has 0 saturated carbocycles. The first kappa shape index (κ1) is 18.1. The first-order valence-electron chi connectivity index (χ1n) is 7.88. The maximum Gasteiger partial charge on any atom is 0.319 e. The predicted octanol–water partition coefficient (Wildman–Crippen LogP) is 4.84. The molecule has 0 aliphatic heterocycles. The van der Waals surface area contributed by atoms with Gasteiger partial charge in [0.25, 0.3) is 0 Å². The number of carbonyl (C=O) groups is 1. The second-order valence-corrected chi connectivity index (χ2v) is 6.95. The van der Waals surface area contributed by atoms with Crippen LogP contribution in [-0.4, -0.2) is 19.2 Å². The van der Waals surface area contributed by atoms with Crippen LogP contribution in [0.25, 0.3) is 0 Å². The van der Waals surface area contributed by atoms with Crippen molar-refractivity contribution in [3.63, 3.8) is 0 Å². The number of nitrogens with one attached hydrogen (secondary N) is 2. The molecule has 0 saturated heterocycles. The van der Waals surface area contributed by atoms with Gasteiger partial charge in [-0.05, 0) is 47.4 Å². The third kappa shape index (κ3) is 5.78. The highest BCUT2D eigenvalue weighted by molar-refractivity contribution is 6.30. The second-order valence-electron chi connectivity index (χ2n) is 6.51. The SMILES string of the molecule is CC(C)(C)c1ccc(NC(=O)NCCOc2ccc(Cl)cc2)cc1. The van der Waals surface area contributed by atoms with Crippen LogP contribution in [-0.2, 0) is 5.41 Å². The van der Waals surface area contributed by atoms with E-state index in [2.05, 4.69) is 31.4 Å². The van der Waals surface area contributed by atoms with Crippen molar-refractivity contribution in [2.45, 2.75) is 26.2 Å². The molecular formula is C19H23ClN2O2. The van der Waals surface area contributed by atoms with E-state index in [0.717, 1.165) is 11.4 Å². The van der Waals surface area contributed by atoms with Gasteiger partial charge in [0.15, 0.2) is 0 Å². The number of carbonyl (C=O) groups excluding carboxylic acids is 1. The van der Waals surface area contributed by atoms with Crippen LogP contribution < -0.4 is 15.4 Å². The molecule has 24 heavy (non-hydrogen) atoms. The Bertz CT molecular complexity index is 661. The van der Waals surface area contributed by atoms with Crippen molar-refractivity contribution in [3.05, 3.63) is 59.1 Å². The average Bonchev–Trinajstić information content (AvgIpc) is 2.53. The Morgan fingerprint density at radius 3 is 2.25 bits per heavy atom. The molecule has 0 radical (unpaired) electrons. The fraction of sp³-hybridized carbons (Fsp3) is 0.316. The Kier molecular flexibility index (Phi) is 6.10. The Balaban J connectivity index is 1.72. The first-order chi connectivity index (χ1) is 11.3. The van der Waals surface area contributed by atoms with Crippen LogP contribution >= 0.6 is 11.6 Å². The van der Waals surface area contributed by atoms with E-state index < -0.39 is 0 Å². The van der Waals surface area contributed by atoms with Gasteiger partial charge in [-0.3, -0.25) is 0 Å². The van der Waals surface area contributed by atoms with E-state index in [4.69, 9.17) is 16.3 Å². The minimum atomic E-state index is -0.252. The molecule has 0 heterocycles. The highest BCUT2D eigenvalue weighted by atomic mass is 35.5. The molecule has 2 N–H and O–H groups in total.